The van der Waals surface area contributed by atoms with Gasteiger partial charge in [-0.25, -0.2) is 9.97 Å². The van der Waals surface area contributed by atoms with Crippen LogP contribution in [0.15, 0.2) is 29.2 Å². The largest absolute Gasteiger partial charge is 0.365 e. The topological polar surface area (TPSA) is 37.8 Å². The van der Waals surface area contributed by atoms with Crippen LogP contribution in [0.2, 0.25) is 0 Å². The maximum atomic E-state index is 4.31. The van der Waals surface area contributed by atoms with E-state index in [4.69, 9.17) is 0 Å². The second-order valence-electron chi connectivity index (χ2n) is 3.78. The predicted molar refractivity (Wildman–Crippen MR) is 73.8 cm³/mol. The van der Waals surface area contributed by atoms with Crippen LogP contribution in [-0.2, 0) is 6.54 Å². The molecule has 0 unspecified atom stereocenters. The maximum absolute atomic E-state index is 4.31. The Hall–Kier alpha value is -1.46. The van der Waals surface area contributed by atoms with Gasteiger partial charge in [-0.1, -0.05) is 0 Å². The molecular weight excluding hydrogens is 250 g/mol. The third-order valence-electron chi connectivity index (χ3n) is 2.49. The molecule has 1 N–H and O–H groups in total. The van der Waals surface area contributed by atoms with Crippen molar-refractivity contribution >= 4 is 38.7 Å². The number of hydrogen-bond acceptors (Lipinski definition) is 5. The number of anilines is 1. The quantitative estimate of drug-likeness (QED) is 0.781. The SMILES string of the molecule is Cc1cc2c(NCc3ccsc3)ncnc2s1. The van der Waals surface area contributed by atoms with E-state index in [1.807, 2.05) is 0 Å². The van der Waals surface area contributed by atoms with Gasteiger partial charge in [0, 0.05) is 11.4 Å². The lowest BCUT2D eigenvalue weighted by atomic mass is 10.3. The van der Waals surface area contributed by atoms with Crippen LogP contribution in [0, 0.1) is 6.92 Å². The van der Waals surface area contributed by atoms with Gasteiger partial charge in [0.2, 0.25) is 0 Å². The molecule has 5 heteroatoms. The van der Waals surface area contributed by atoms with Crippen LogP contribution in [0.25, 0.3) is 10.2 Å². The van der Waals surface area contributed by atoms with Crippen LogP contribution in [0.5, 0.6) is 0 Å². The molecule has 0 amide bonds. The first kappa shape index (κ1) is 10.7. The Balaban J connectivity index is 1.89. The molecule has 0 atom stereocenters. The van der Waals surface area contributed by atoms with Gasteiger partial charge in [0.1, 0.15) is 17.0 Å². The van der Waals surface area contributed by atoms with Gasteiger partial charge in [-0.05, 0) is 35.4 Å². The van der Waals surface area contributed by atoms with E-state index in [9.17, 15) is 0 Å². The number of aryl methyl sites for hydroxylation is 1. The number of nitrogens with zero attached hydrogens (tertiary/aromatic N) is 2. The highest BCUT2D eigenvalue weighted by Gasteiger charge is 2.06. The van der Waals surface area contributed by atoms with Crippen LogP contribution in [0.3, 0.4) is 0 Å². The molecule has 3 nitrogen and oxygen atoms in total. The van der Waals surface area contributed by atoms with Crippen molar-refractivity contribution in [3.63, 3.8) is 0 Å². The minimum atomic E-state index is 0.810. The molecule has 0 aliphatic carbocycles. The molecule has 86 valence electrons. The first-order valence-corrected chi connectivity index (χ1v) is 7.05. The average molecular weight is 261 g/mol. The van der Waals surface area contributed by atoms with Crippen LogP contribution in [-0.4, -0.2) is 9.97 Å². The number of hydrogen-bond donors (Lipinski definition) is 1. The van der Waals surface area contributed by atoms with Crippen LogP contribution < -0.4 is 5.32 Å². The van der Waals surface area contributed by atoms with Crippen molar-refractivity contribution in [2.75, 3.05) is 5.32 Å². The molecule has 3 aromatic heterocycles. The molecule has 0 aliphatic heterocycles. The zero-order valence-electron chi connectivity index (χ0n) is 9.30. The second kappa shape index (κ2) is 4.43. The van der Waals surface area contributed by atoms with Crippen molar-refractivity contribution in [3.05, 3.63) is 39.7 Å². The van der Waals surface area contributed by atoms with Crippen molar-refractivity contribution in [1.82, 2.24) is 9.97 Å². The molecule has 0 saturated carbocycles. The van der Waals surface area contributed by atoms with Crippen molar-refractivity contribution < 1.29 is 0 Å². The van der Waals surface area contributed by atoms with Crippen LogP contribution in [0.4, 0.5) is 5.82 Å². The third kappa shape index (κ3) is 2.16. The molecule has 0 spiro atoms. The molecule has 0 fully saturated rings. The Morgan fingerprint density at radius 3 is 3.12 bits per heavy atom. The predicted octanol–water partition coefficient (Wildman–Crippen LogP) is 3.67. The number of fused-ring (bicyclic) bond motifs is 1. The highest BCUT2D eigenvalue weighted by atomic mass is 32.1. The summed E-state index contributed by atoms with van der Waals surface area (Å²) in [4.78, 5) is 10.9. The normalized spacial score (nSPS) is 10.9. The Bertz CT molecular complexity index is 628. The van der Waals surface area contributed by atoms with Crippen LogP contribution in [0.1, 0.15) is 10.4 Å². The number of rotatable bonds is 3. The molecule has 3 aromatic rings. The number of thiophene rings is 2. The summed E-state index contributed by atoms with van der Waals surface area (Å²) in [5, 5.41) is 8.71. The smallest absolute Gasteiger partial charge is 0.138 e. The Morgan fingerprint density at radius 2 is 2.29 bits per heavy atom. The van der Waals surface area contributed by atoms with Gasteiger partial charge < -0.3 is 5.32 Å². The molecule has 0 aliphatic rings. The van der Waals surface area contributed by atoms with Gasteiger partial charge in [-0.15, -0.1) is 11.3 Å². The monoisotopic (exact) mass is 261 g/mol. The third-order valence-corrected chi connectivity index (χ3v) is 4.18. The van der Waals surface area contributed by atoms with Gasteiger partial charge in [0.15, 0.2) is 0 Å². The summed E-state index contributed by atoms with van der Waals surface area (Å²) < 4.78 is 0. The Labute approximate surface area is 107 Å². The summed E-state index contributed by atoms with van der Waals surface area (Å²) in [6, 6.07) is 4.25. The minimum absolute atomic E-state index is 0.810. The summed E-state index contributed by atoms with van der Waals surface area (Å²) in [7, 11) is 0. The fraction of sp³-hybridized carbons (Fsp3) is 0.167. The standard InChI is InChI=1S/C12H11N3S2/c1-8-4-10-11(14-7-15-12(10)17-8)13-5-9-2-3-16-6-9/h2-4,6-7H,5H2,1H3,(H,13,14,15). The van der Waals surface area contributed by atoms with Gasteiger partial charge >= 0.3 is 0 Å². The number of nitrogens with one attached hydrogen (secondary N) is 1. The summed E-state index contributed by atoms with van der Waals surface area (Å²) in [5.74, 6) is 0.922. The summed E-state index contributed by atoms with van der Waals surface area (Å²) >= 11 is 3.41. The van der Waals surface area contributed by atoms with Crippen LogP contribution >= 0.6 is 22.7 Å². The molecule has 0 bridgehead atoms. The van der Waals surface area contributed by atoms with Gasteiger partial charge in [-0.3, -0.25) is 0 Å². The fourth-order valence-corrected chi connectivity index (χ4v) is 3.21. The molecule has 0 radical (unpaired) electrons. The van der Waals surface area contributed by atoms with E-state index in [2.05, 4.69) is 45.1 Å². The van der Waals surface area contributed by atoms with Gasteiger partial charge in [0.25, 0.3) is 0 Å². The van der Waals surface area contributed by atoms with Gasteiger partial charge in [0.05, 0.1) is 5.39 Å². The summed E-state index contributed by atoms with van der Waals surface area (Å²) in [5.41, 5.74) is 1.29. The Kier molecular flexibility index (Phi) is 2.78. The molecule has 3 rings (SSSR count). The second-order valence-corrected chi connectivity index (χ2v) is 5.80. The molecular formula is C12H11N3S2. The molecule has 3 heterocycles. The minimum Gasteiger partial charge on any atom is -0.365 e. The van der Waals surface area contributed by atoms with Crippen molar-refractivity contribution in [3.8, 4) is 0 Å². The highest BCUT2D eigenvalue weighted by molar-refractivity contribution is 7.18. The van der Waals surface area contributed by atoms with Gasteiger partial charge in [-0.2, -0.15) is 11.3 Å². The highest BCUT2D eigenvalue weighted by Crippen LogP contribution is 2.27. The lowest BCUT2D eigenvalue weighted by Crippen LogP contribution is -2.00. The maximum Gasteiger partial charge on any atom is 0.138 e. The van der Waals surface area contributed by atoms with E-state index in [1.165, 1.54) is 10.4 Å². The lowest BCUT2D eigenvalue weighted by Gasteiger charge is -2.04. The summed E-state index contributed by atoms with van der Waals surface area (Å²) in [6.45, 7) is 2.90. The number of aromatic nitrogens is 2. The average Bonchev–Trinajstić information content (AvgIpc) is 2.93. The lowest BCUT2D eigenvalue weighted by molar-refractivity contribution is 1.11. The van der Waals surface area contributed by atoms with E-state index in [1.54, 1.807) is 29.0 Å². The molecule has 0 aromatic carbocycles. The zero-order valence-corrected chi connectivity index (χ0v) is 10.9. The van der Waals surface area contributed by atoms with E-state index in [0.29, 0.717) is 0 Å². The molecule has 17 heavy (non-hydrogen) atoms. The zero-order chi connectivity index (χ0) is 11.7. The van der Waals surface area contributed by atoms with E-state index >= 15 is 0 Å². The van der Waals surface area contributed by atoms with Crippen molar-refractivity contribution in [1.29, 1.82) is 0 Å². The first-order valence-electron chi connectivity index (χ1n) is 5.29. The molecule has 0 saturated heterocycles. The fourth-order valence-electron chi connectivity index (χ4n) is 1.70. The van der Waals surface area contributed by atoms with Crippen molar-refractivity contribution in [2.24, 2.45) is 0 Å². The van der Waals surface area contributed by atoms with Crippen molar-refractivity contribution in [2.45, 2.75) is 13.5 Å². The Morgan fingerprint density at radius 1 is 1.35 bits per heavy atom. The van der Waals surface area contributed by atoms with E-state index in [-0.39, 0.29) is 0 Å². The van der Waals surface area contributed by atoms with E-state index < -0.39 is 0 Å². The summed E-state index contributed by atoms with van der Waals surface area (Å²) in [6.07, 6.45) is 1.62. The first-order chi connectivity index (χ1) is 8.33. The van der Waals surface area contributed by atoms with E-state index in [0.717, 1.165) is 22.6 Å².